The maximum absolute atomic E-state index is 6.38. The Bertz CT molecular complexity index is 1180. The van der Waals surface area contributed by atoms with E-state index in [1.165, 1.54) is 11.3 Å². The van der Waals surface area contributed by atoms with Crippen molar-refractivity contribution in [2.45, 2.75) is 0 Å². The summed E-state index contributed by atoms with van der Waals surface area (Å²) >= 11 is 14.0. The molecular weight excluding hydrogens is 387 g/mol. The molecular formula is C19H14Cl2N4S. The third-order valence-electron chi connectivity index (χ3n) is 4.01. The normalized spacial score (nSPS) is 12.5. The van der Waals surface area contributed by atoms with Crippen molar-refractivity contribution in [3.05, 3.63) is 74.5 Å². The first kappa shape index (κ1) is 17.1. The van der Waals surface area contributed by atoms with E-state index in [2.05, 4.69) is 21.1 Å². The first-order valence-corrected chi connectivity index (χ1v) is 9.50. The Kier molecular flexibility index (Phi) is 4.68. The first-order valence-electron chi connectivity index (χ1n) is 7.86. The summed E-state index contributed by atoms with van der Waals surface area (Å²) in [6, 6.07) is 13.5. The highest BCUT2D eigenvalue weighted by Gasteiger charge is 2.11. The van der Waals surface area contributed by atoms with Gasteiger partial charge in [0.05, 0.1) is 16.9 Å². The second-order valence-electron chi connectivity index (χ2n) is 5.60. The second kappa shape index (κ2) is 7.11. The van der Waals surface area contributed by atoms with Gasteiger partial charge in [0.2, 0.25) is 4.80 Å². The molecule has 0 bridgehead atoms. The number of aromatic amines is 1. The average Bonchev–Trinajstić information content (AvgIpc) is 3.25. The Morgan fingerprint density at radius 2 is 2.00 bits per heavy atom. The fourth-order valence-corrected chi connectivity index (χ4v) is 3.94. The summed E-state index contributed by atoms with van der Waals surface area (Å²) in [5, 5.41) is 9.00. The molecule has 0 spiro atoms. The van der Waals surface area contributed by atoms with Gasteiger partial charge in [-0.15, -0.1) is 11.3 Å². The Balaban J connectivity index is 1.84. The maximum atomic E-state index is 6.38. The van der Waals surface area contributed by atoms with Crippen molar-refractivity contribution >= 4 is 51.7 Å². The van der Waals surface area contributed by atoms with Gasteiger partial charge < -0.3 is 4.98 Å². The van der Waals surface area contributed by atoms with Crippen LogP contribution in [-0.4, -0.2) is 22.9 Å². The van der Waals surface area contributed by atoms with E-state index in [1.54, 1.807) is 23.9 Å². The minimum atomic E-state index is 0.617. The van der Waals surface area contributed by atoms with Crippen LogP contribution in [-0.2, 0) is 0 Å². The lowest BCUT2D eigenvalue weighted by molar-refractivity contribution is 0.848. The van der Waals surface area contributed by atoms with E-state index in [-0.39, 0.29) is 0 Å². The van der Waals surface area contributed by atoms with Crippen molar-refractivity contribution in [3.8, 4) is 11.3 Å². The molecule has 4 aromatic rings. The van der Waals surface area contributed by atoms with Crippen molar-refractivity contribution in [3.63, 3.8) is 0 Å². The molecule has 26 heavy (non-hydrogen) atoms. The quantitative estimate of drug-likeness (QED) is 0.446. The lowest BCUT2D eigenvalue weighted by atomic mass is 10.2. The number of H-pyrrole nitrogens is 1. The predicted octanol–water partition coefficient (Wildman–Crippen LogP) is 5.42. The number of benzene rings is 2. The van der Waals surface area contributed by atoms with Crippen molar-refractivity contribution in [2.24, 2.45) is 10.1 Å². The molecule has 2 aromatic carbocycles. The zero-order valence-electron chi connectivity index (χ0n) is 13.8. The van der Waals surface area contributed by atoms with E-state index < -0.39 is 0 Å². The van der Waals surface area contributed by atoms with E-state index in [4.69, 9.17) is 23.2 Å². The van der Waals surface area contributed by atoms with Crippen LogP contribution in [0.5, 0.6) is 0 Å². The molecule has 2 aromatic heterocycles. The Hall–Kier alpha value is -2.34. The number of halogens is 2. The topological polar surface area (TPSA) is 45.4 Å². The molecule has 0 atom stereocenters. The highest BCUT2D eigenvalue weighted by Crippen LogP contribution is 2.31. The van der Waals surface area contributed by atoms with Crippen molar-refractivity contribution < 1.29 is 0 Å². The summed E-state index contributed by atoms with van der Waals surface area (Å²) in [6.07, 6.45) is 3.76. The summed E-state index contributed by atoms with van der Waals surface area (Å²) in [6.45, 7) is 0. The fraction of sp³-hybridized carbons (Fsp3) is 0.0526. The van der Waals surface area contributed by atoms with Gasteiger partial charge in [0.15, 0.2) is 0 Å². The molecule has 0 saturated heterocycles. The monoisotopic (exact) mass is 400 g/mol. The minimum Gasteiger partial charge on any atom is -0.361 e. The summed E-state index contributed by atoms with van der Waals surface area (Å²) in [4.78, 5) is 8.34. The van der Waals surface area contributed by atoms with Gasteiger partial charge in [-0.25, -0.2) is 4.68 Å². The number of nitrogens with one attached hydrogen (secondary N) is 1. The van der Waals surface area contributed by atoms with E-state index in [0.29, 0.717) is 10.0 Å². The largest absolute Gasteiger partial charge is 0.361 e. The van der Waals surface area contributed by atoms with Gasteiger partial charge >= 0.3 is 0 Å². The lowest BCUT2D eigenvalue weighted by Gasteiger charge is -2.06. The van der Waals surface area contributed by atoms with Gasteiger partial charge in [0.1, 0.15) is 0 Å². The van der Waals surface area contributed by atoms with Crippen molar-refractivity contribution in [1.29, 1.82) is 0 Å². The van der Waals surface area contributed by atoms with Crippen LogP contribution in [0, 0.1) is 0 Å². The van der Waals surface area contributed by atoms with Crippen molar-refractivity contribution in [1.82, 2.24) is 9.66 Å². The molecule has 0 radical (unpaired) electrons. The van der Waals surface area contributed by atoms with Crippen LogP contribution in [0.25, 0.3) is 22.2 Å². The number of para-hydroxylation sites is 1. The van der Waals surface area contributed by atoms with E-state index in [9.17, 15) is 0 Å². The SMILES string of the molecule is CN=c1scc(-c2cc(Cl)ccc2Cl)n1N=Cc1c[nH]c2ccccc12. The van der Waals surface area contributed by atoms with Crippen LogP contribution in [0.4, 0.5) is 0 Å². The van der Waals surface area contributed by atoms with Crippen LogP contribution in [0.1, 0.15) is 5.56 Å². The highest BCUT2D eigenvalue weighted by atomic mass is 35.5. The fourth-order valence-electron chi connectivity index (χ4n) is 2.76. The van der Waals surface area contributed by atoms with E-state index in [0.717, 1.165) is 32.5 Å². The zero-order chi connectivity index (χ0) is 18.1. The molecule has 4 rings (SSSR count). The van der Waals surface area contributed by atoms with Gasteiger partial charge in [0, 0.05) is 45.7 Å². The first-order chi connectivity index (χ1) is 12.7. The number of fused-ring (bicyclic) bond motifs is 1. The van der Waals surface area contributed by atoms with Gasteiger partial charge in [-0.05, 0) is 24.3 Å². The lowest BCUT2D eigenvalue weighted by Crippen LogP contribution is -2.11. The molecule has 7 heteroatoms. The number of thiazole rings is 1. The highest BCUT2D eigenvalue weighted by molar-refractivity contribution is 7.07. The molecule has 0 aliphatic rings. The molecule has 0 amide bonds. The third kappa shape index (κ3) is 3.09. The van der Waals surface area contributed by atoms with E-state index in [1.807, 2.05) is 42.1 Å². The minimum absolute atomic E-state index is 0.617. The Labute approximate surface area is 164 Å². The van der Waals surface area contributed by atoms with Crippen LogP contribution >= 0.6 is 34.5 Å². The van der Waals surface area contributed by atoms with Gasteiger partial charge in [-0.3, -0.25) is 4.99 Å². The number of rotatable bonds is 3. The third-order valence-corrected chi connectivity index (χ3v) is 5.49. The molecule has 0 aliphatic heterocycles. The Morgan fingerprint density at radius 1 is 1.15 bits per heavy atom. The number of hydrogen-bond donors (Lipinski definition) is 1. The standard InChI is InChI=1S/C19H14Cl2N4S/c1-22-19-25(18(11-26-19)15-8-13(20)6-7-16(15)21)24-10-12-9-23-17-5-3-2-4-14(12)17/h2-11,23H,1H3. The Morgan fingerprint density at radius 3 is 2.85 bits per heavy atom. The molecule has 1 N–H and O–H groups in total. The molecule has 0 aliphatic carbocycles. The number of hydrogen-bond acceptors (Lipinski definition) is 3. The van der Waals surface area contributed by atoms with Crippen molar-refractivity contribution in [2.75, 3.05) is 7.05 Å². The van der Waals surface area contributed by atoms with Crippen LogP contribution in [0.15, 0.2) is 64.1 Å². The predicted molar refractivity (Wildman–Crippen MR) is 111 cm³/mol. The zero-order valence-corrected chi connectivity index (χ0v) is 16.1. The molecule has 2 heterocycles. The van der Waals surface area contributed by atoms with Gasteiger partial charge in [-0.2, -0.15) is 5.10 Å². The second-order valence-corrected chi connectivity index (χ2v) is 7.28. The van der Waals surface area contributed by atoms with Crippen LogP contribution < -0.4 is 4.80 Å². The van der Waals surface area contributed by atoms with E-state index >= 15 is 0 Å². The average molecular weight is 401 g/mol. The summed E-state index contributed by atoms with van der Waals surface area (Å²) in [5.41, 5.74) is 3.74. The maximum Gasteiger partial charge on any atom is 0.205 e. The molecule has 0 fully saturated rings. The molecule has 0 saturated carbocycles. The number of nitrogens with zero attached hydrogens (tertiary/aromatic N) is 3. The van der Waals surface area contributed by atoms with Gasteiger partial charge in [0.25, 0.3) is 0 Å². The van der Waals surface area contributed by atoms with Gasteiger partial charge in [-0.1, -0.05) is 41.4 Å². The summed E-state index contributed by atoms with van der Waals surface area (Å²) < 4.78 is 1.78. The number of aromatic nitrogens is 2. The van der Waals surface area contributed by atoms with Crippen LogP contribution in [0.2, 0.25) is 10.0 Å². The molecule has 130 valence electrons. The molecule has 0 unspecified atom stereocenters. The molecule has 4 nitrogen and oxygen atoms in total. The van der Waals surface area contributed by atoms with Crippen LogP contribution in [0.3, 0.4) is 0 Å². The summed E-state index contributed by atoms with van der Waals surface area (Å²) in [7, 11) is 1.74. The summed E-state index contributed by atoms with van der Waals surface area (Å²) in [5.74, 6) is 0. The smallest absolute Gasteiger partial charge is 0.205 e.